The summed E-state index contributed by atoms with van der Waals surface area (Å²) in [5.74, 6) is 1.82. The van der Waals surface area contributed by atoms with E-state index in [1.165, 1.54) is 37.1 Å². The lowest BCUT2D eigenvalue weighted by Crippen LogP contribution is -2.11. The maximum absolute atomic E-state index is 4.47. The van der Waals surface area contributed by atoms with Crippen LogP contribution in [0.4, 0.5) is 0 Å². The van der Waals surface area contributed by atoms with Gasteiger partial charge in [0.2, 0.25) is 0 Å². The fourth-order valence-corrected chi connectivity index (χ4v) is 3.56. The second-order valence-corrected chi connectivity index (χ2v) is 5.78. The molecule has 1 aliphatic rings. The Balaban J connectivity index is 1.95. The van der Waals surface area contributed by atoms with Gasteiger partial charge in [-0.3, -0.25) is 0 Å². The molecule has 1 nitrogen and oxygen atoms in total. The monoisotopic (exact) mass is 223 g/mol. The molecular weight excluding hydrogens is 202 g/mol. The minimum atomic E-state index is 0.825. The standard InChI is InChI=1S/C13H21NS/c1-3-10-5-7-11(8-6-10)12-9-14-13(4-2)15-12/h9-11H,3-8H2,1-2H3. The molecule has 1 fully saturated rings. The van der Waals surface area contributed by atoms with Crippen molar-refractivity contribution in [1.82, 2.24) is 4.98 Å². The summed E-state index contributed by atoms with van der Waals surface area (Å²) in [6.07, 6.45) is 10.2. The van der Waals surface area contributed by atoms with Crippen molar-refractivity contribution in [2.24, 2.45) is 5.92 Å². The molecule has 0 radical (unpaired) electrons. The van der Waals surface area contributed by atoms with Gasteiger partial charge in [0, 0.05) is 11.1 Å². The smallest absolute Gasteiger partial charge is 0.0925 e. The van der Waals surface area contributed by atoms with Gasteiger partial charge in [0.25, 0.3) is 0 Å². The zero-order valence-electron chi connectivity index (χ0n) is 9.83. The third kappa shape index (κ3) is 2.60. The van der Waals surface area contributed by atoms with Crippen molar-refractivity contribution in [2.45, 2.75) is 58.3 Å². The number of thiazole rings is 1. The molecule has 0 bridgehead atoms. The van der Waals surface area contributed by atoms with Gasteiger partial charge in [-0.1, -0.05) is 20.3 Å². The van der Waals surface area contributed by atoms with Gasteiger partial charge in [-0.25, -0.2) is 4.98 Å². The van der Waals surface area contributed by atoms with Crippen molar-refractivity contribution in [3.8, 4) is 0 Å². The van der Waals surface area contributed by atoms with Crippen LogP contribution in [0.1, 0.15) is 61.8 Å². The first kappa shape index (κ1) is 11.1. The molecule has 1 aliphatic carbocycles. The lowest BCUT2D eigenvalue weighted by molar-refractivity contribution is 0.321. The lowest BCUT2D eigenvalue weighted by Gasteiger charge is -2.26. The topological polar surface area (TPSA) is 12.9 Å². The second kappa shape index (κ2) is 5.11. The molecule has 0 aromatic carbocycles. The van der Waals surface area contributed by atoms with E-state index in [1.807, 2.05) is 11.3 Å². The van der Waals surface area contributed by atoms with Crippen LogP contribution in [0.2, 0.25) is 0 Å². The van der Waals surface area contributed by atoms with E-state index in [-0.39, 0.29) is 0 Å². The molecule has 2 heteroatoms. The summed E-state index contributed by atoms with van der Waals surface area (Å²) in [4.78, 5) is 6.01. The van der Waals surface area contributed by atoms with Crippen molar-refractivity contribution < 1.29 is 0 Å². The van der Waals surface area contributed by atoms with Crippen LogP contribution in [0.25, 0.3) is 0 Å². The van der Waals surface area contributed by atoms with Crippen LogP contribution in [-0.2, 0) is 6.42 Å². The highest BCUT2D eigenvalue weighted by atomic mass is 32.1. The Hall–Kier alpha value is -0.370. The molecule has 1 aromatic rings. The fourth-order valence-electron chi connectivity index (χ4n) is 2.53. The molecule has 0 saturated heterocycles. The maximum Gasteiger partial charge on any atom is 0.0925 e. The Morgan fingerprint density at radius 1 is 1.27 bits per heavy atom. The van der Waals surface area contributed by atoms with Gasteiger partial charge in [0.05, 0.1) is 5.01 Å². The van der Waals surface area contributed by atoms with Crippen LogP contribution >= 0.6 is 11.3 Å². The van der Waals surface area contributed by atoms with E-state index >= 15 is 0 Å². The molecule has 15 heavy (non-hydrogen) atoms. The average Bonchev–Trinajstić information content (AvgIpc) is 2.78. The third-order valence-corrected chi connectivity index (χ3v) is 5.00. The predicted molar refractivity (Wildman–Crippen MR) is 66.5 cm³/mol. The Bertz CT molecular complexity index is 297. The van der Waals surface area contributed by atoms with E-state index in [0.29, 0.717) is 0 Å². The third-order valence-electron chi connectivity index (χ3n) is 3.70. The van der Waals surface area contributed by atoms with E-state index < -0.39 is 0 Å². The van der Waals surface area contributed by atoms with Crippen LogP contribution in [-0.4, -0.2) is 4.98 Å². The summed E-state index contributed by atoms with van der Waals surface area (Å²) in [5.41, 5.74) is 0. The number of aromatic nitrogens is 1. The van der Waals surface area contributed by atoms with Crippen molar-refractivity contribution in [1.29, 1.82) is 0 Å². The molecule has 0 amide bonds. The van der Waals surface area contributed by atoms with E-state index in [4.69, 9.17) is 0 Å². The van der Waals surface area contributed by atoms with Gasteiger partial charge >= 0.3 is 0 Å². The molecule has 1 aromatic heterocycles. The zero-order chi connectivity index (χ0) is 10.7. The van der Waals surface area contributed by atoms with Gasteiger partial charge in [-0.05, 0) is 43.9 Å². The molecule has 84 valence electrons. The van der Waals surface area contributed by atoms with Gasteiger partial charge < -0.3 is 0 Å². The molecule has 0 aliphatic heterocycles. The van der Waals surface area contributed by atoms with E-state index in [9.17, 15) is 0 Å². The number of hydrogen-bond acceptors (Lipinski definition) is 2. The minimum Gasteiger partial charge on any atom is -0.249 e. The first-order valence-corrected chi connectivity index (χ1v) is 7.09. The second-order valence-electron chi connectivity index (χ2n) is 4.64. The molecule has 0 unspecified atom stereocenters. The van der Waals surface area contributed by atoms with Crippen molar-refractivity contribution >= 4 is 11.3 Å². The summed E-state index contributed by atoms with van der Waals surface area (Å²) in [6.45, 7) is 4.52. The van der Waals surface area contributed by atoms with Crippen LogP contribution in [0.3, 0.4) is 0 Å². The summed E-state index contributed by atoms with van der Waals surface area (Å²) in [7, 11) is 0. The van der Waals surface area contributed by atoms with Crippen LogP contribution in [0.15, 0.2) is 6.20 Å². The van der Waals surface area contributed by atoms with Crippen LogP contribution in [0.5, 0.6) is 0 Å². The van der Waals surface area contributed by atoms with Gasteiger partial charge in [-0.15, -0.1) is 11.3 Å². The van der Waals surface area contributed by atoms with Gasteiger partial charge in [0.15, 0.2) is 0 Å². The first-order valence-electron chi connectivity index (χ1n) is 6.28. The predicted octanol–water partition coefficient (Wildman–Crippen LogP) is 4.39. The Labute approximate surface area is 96.9 Å². The normalized spacial score (nSPS) is 26.8. The Kier molecular flexibility index (Phi) is 3.79. The Morgan fingerprint density at radius 2 is 2.00 bits per heavy atom. The number of rotatable bonds is 3. The van der Waals surface area contributed by atoms with Gasteiger partial charge in [0.1, 0.15) is 0 Å². The first-order chi connectivity index (χ1) is 7.33. The molecule has 0 N–H and O–H groups in total. The number of hydrogen-bond donors (Lipinski definition) is 0. The van der Waals surface area contributed by atoms with Crippen molar-refractivity contribution in [2.75, 3.05) is 0 Å². The zero-order valence-corrected chi connectivity index (χ0v) is 10.6. The van der Waals surface area contributed by atoms with Crippen molar-refractivity contribution in [3.05, 3.63) is 16.1 Å². The summed E-state index contributed by atoms with van der Waals surface area (Å²) >= 11 is 1.94. The average molecular weight is 223 g/mol. The maximum atomic E-state index is 4.47. The molecule has 1 heterocycles. The van der Waals surface area contributed by atoms with Crippen LogP contribution < -0.4 is 0 Å². The highest BCUT2D eigenvalue weighted by Crippen LogP contribution is 2.38. The summed E-state index contributed by atoms with van der Waals surface area (Å²) in [5, 5.41) is 1.31. The Morgan fingerprint density at radius 3 is 2.53 bits per heavy atom. The van der Waals surface area contributed by atoms with E-state index in [0.717, 1.165) is 18.3 Å². The molecule has 0 atom stereocenters. The lowest BCUT2D eigenvalue weighted by atomic mass is 9.80. The SMILES string of the molecule is CCc1ncc(C2CCC(CC)CC2)s1. The molecule has 2 rings (SSSR count). The number of nitrogens with zero attached hydrogens (tertiary/aromatic N) is 1. The fraction of sp³-hybridized carbons (Fsp3) is 0.769. The van der Waals surface area contributed by atoms with Crippen LogP contribution in [0, 0.1) is 5.92 Å². The van der Waals surface area contributed by atoms with Gasteiger partial charge in [-0.2, -0.15) is 0 Å². The quantitative estimate of drug-likeness (QED) is 0.740. The molecular formula is C13H21NS. The molecule has 1 saturated carbocycles. The van der Waals surface area contributed by atoms with E-state index in [2.05, 4.69) is 25.0 Å². The van der Waals surface area contributed by atoms with E-state index in [1.54, 1.807) is 4.88 Å². The summed E-state index contributed by atoms with van der Waals surface area (Å²) in [6, 6.07) is 0. The number of aryl methyl sites for hydroxylation is 1. The largest absolute Gasteiger partial charge is 0.249 e. The van der Waals surface area contributed by atoms with Crippen molar-refractivity contribution in [3.63, 3.8) is 0 Å². The summed E-state index contributed by atoms with van der Waals surface area (Å²) < 4.78 is 0. The molecule has 0 spiro atoms. The highest BCUT2D eigenvalue weighted by Gasteiger charge is 2.22. The highest BCUT2D eigenvalue weighted by molar-refractivity contribution is 7.11. The minimum absolute atomic E-state index is 0.825.